The molecule has 0 radical (unpaired) electrons. The van der Waals surface area contributed by atoms with E-state index in [1.54, 1.807) is 30.5 Å². The normalized spacial score (nSPS) is 11.5. The van der Waals surface area contributed by atoms with Crippen LogP contribution in [0.3, 0.4) is 0 Å². The van der Waals surface area contributed by atoms with Gasteiger partial charge in [-0.05, 0) is 61.9 Å². The Balaban J connectivity index is 0.00000306. The number of allylic oxidation sites excluding steroid dienone is 1. The fraction of sp³-hybridized carbons (Fsp3) is 0.240. The smallest absolute Gasteiger partial charge is 0.247 e. The summed E-state index contributed by atoms with van der Waals surface area (Å²) in [5, 5.41) is 20.0. The number of nitriles is 2. The Kier molecular flexibility index (Phi) is 12.0. The van der Waals surface area contributed by atoms with Gasteiger partial charge in [-0.25, -0.2) is 0 Å². The lowest BCUT2D eigenvalue weighted by atomic mass is 10.0. The van der Waals surface area contributed by atoms with Gasteiger partial charge in [-0.2, -0.15) is 10.5 Å². The van der Waals surface area contributed by atoms with Gasteiger partial charge in [-0.15, -0.1) is 24.8 Å². The molecule has 10 heteroatoms. The van der Waals surface area contributed by atoms with Gasteiger partial charge in [0.2, 0.25) is 5.91 Å². The van der Waals surface area contributed by atoms with Gasteiger partial charge >= 0.3 is 0 Å². The van der Waals surface area contributed by atoms with Crippen LogP contribution in [0.2, 0.25) is 0 Å². The fourth-order valence-electron chi connectivity index (χ4n) is 3.65. The van der Waals surface area contributed by atoms with Gasteiger partial charge in [0.05, 0.1) is 41.9 Å². The molecule has 3 rings (SSSR count). The molecule has 0 fully saturated rings. The van der Waals surface area contributed by atoms with Gasteiger partial charge in [0.15, 0.2) is 0 Å². The molecule has 1 heterocycles. The Hall–Kier alpha value is -2.85. The Morgan fingerprint density at radius 3 is 2.57 bits per heavy atom. The first-order valence-corrected chi connectivity index (χ1v) is 11.2. The Bertz CT molecular complexity index is 1310. The number of halogens is 3. The summed E-state index contributed by atoms with van der Waals surface area (Å²) in [4.78, 5) is 13.1. The number of carbonyl (C=O) groups excluding carboxylic acids is 1. The van der Waals surface area contributed by atoms with Crippen LogP contribution >= 0.6 is 40.7 Å². The SMILES string of the molecule is COc1ccc(C#N)cc1/C=C(\C#N)c1cn(C(=O)C(N)CCCCN)c2ccc(Br)cc12.Cl.Cl. The standard InChI is InChI=1S/C25H24BrN5O2.2ClH/c1-33-24-8-5-16(13-28)10-17(24)11-18(14-29)21-15-31(23-7-6-19(26)12-20(21)23)25(32)22(30)4-2-3-9-27;;/h5-8,10-12,15,22H,2-4,9,27,30H2,1H3;2*1H/b18-11+;;. The fourth-order valence-corrected chi connectivity index (χ4v) is 4.01. The molecule has 4 N–H and O–H groups in total. The molecule has 0 aliphatic rings. The first-order chi connectivity index (χ1) is 15.9. The van der Waals surface area contributed by atoms with E-state index in [9.17, 15) is 15.3 Å². The van der Waals surface area contributed by atoms with Gasteiger partial charge in [-0.3, -0.25) is 9.36 Å². The van der Waals surface area contributed by atoms with Crippen molar-refractivity contribution in [1.82, 2.24) is 4.57 Å². The number of unbranched alkanes of at least 4 members (excludes halogenated alkanes) is 1. The summed E-state index contributed by atoms with van der Waals surface area (Å²) in [6.07, 6.45) is 5.40. The van der Waals surface area contributed by atoms with E-state index in [2.05, 4.69) is 28.1 Å². The van der Waals surface area contributed by atoms with Crippen LogP contribution in [0, 0.1) is 22.7 Å². The summed E-state index contributed by atoms with van der Waals surface area (Å²) >= 11 is 3.47. The van der Waals surface area contributed by atoms with E-state index in [-0.39, 0.29) is 30.7 Å². The van der Waals surface area contributed by atoms with Crippen molar-refractivity contribution in [3.63, 3.8) is 0 Å². The van der Waals surface area contributed by atoms with Crippen molar-refractivity contribution in [2.45, 2.75) is 25.3 Å². The Morgan fingerprint density at radius 1 is 1.20 bits per heavy atom. The highest BCUT2D eigenvalue weighted by Gasteiger charge is 2.21. The number of hydrogen-bond acceptors (Lipinski definition) is 6. The van der Waals surface area contributed by atoms with Crippen LogP contribution in [0.5, 0.6) is 5.75 Å². The number of nitrogens with zero attached hydrogens (tertiary/aromatic N) is 3. The number of fused-ring (bicyclic) bond motifs is 1. The van der Waals surface area contributed by atoms with E-state index in [4.69, 9.17) is 16.2 Å². The maximum atomic E-state index is 13.1. The molecular formula is C25H26BrCl2N5O2. The van der Waals surface area contributed by atoms with Crippen LogP contribution in [0.25, 0.3) is 22.6 Å². The number of benzene rings is 2. The van der Waals surface area contributed by atoms with Gasteiger partial charge < -0.3 is 16.2 Å². The number of hydrogen-bond donors (Lipinski definition) is 2. The molecule has 7 nitrogen and oxygen atoms in total. The maximum absolute atomic E-state index is 13.1. The van der Waals surface area contributed by atoms with E-state index >= 15 is 0 Å². The Labute approximate surface area is 225 Å². The number of methoxy groups -OCH3 is 1. The van der Waals surface area contributed by atoms with E-state index in [0.717, 1.165) is 22.7 Å². The molecular weight excluding hydrogens is 553 g/mol. The molecule has 1 aromatic heterocycles. The van der Waals surface area contributed by atoms with E-state index in [1.165, 1.54) is 11.7 Å². The number of nitrogens with two attached hydrogens (primary N) is 2. The summed E-state index contributed by atoms with van der Waals surface area (Å²) in [5.41, 5.74) is 14.3. The number of ether oxygens (including phenoxy) is 1. The first-order valence-electron chi connectivity index (χ1n) is 10.4. The van der Waals surface area contributed by atoms with Crippen molar-refractivity contribution in [3.05, 3.63) is 63.8 Å². The monoisotopic (exact) mass is 577 g/mol. The van der Waals surface area contributed by atoms with Gasteiger partial charge in [0.1, 0.15) is 5.75 Å². The minimum absolute atomic E-state index is 0. The lowest BCUT2D eigenvalue weighted by Gasteiger charge is -2.11. The second kappa shape index (κ2) is 13.9. The van der Waals surface area contributed by atoms with Gasteiger partial charge in [0, 0.05) is 27.2 Å². The van der Waals surface area contributed by atoms with Crippen molar-refractivity contribution >= 4 is 69.2 Å². The summed E-state index contributed by atoms with van der Waals surface area (Å²) in [5.74, 6) is 0.289. The minimum Gasteiger partial charge on any atom is -0.496 e. The Morgan fingerprint density at radius 2 is 1.94 bits per heavy atom. The summed E-state index contributed by atoms with van der Waals surface area (Å²) in [6.45, 7) is 0.554. The van der Waals surface area contributed by atoms with Crippen molar-refractivity contribution in [2.75, 3.05) is 13.7 Å². The highest BCUT2D eigenvalue weighted by atomic mass is 79.9. The zero-order valence-corrected chi connectivity index (χ0v) is 22.3. The molecule has 0 amide bonds. The summed E-state index contributed by atoms with van der Waals surface area (Å²) in [7, 11) is 1.53. The van der Waals surface area contributed by atoms with Gasteiger partial charge in [0.25, 0.3) is 0 Å². The summed E-state index contributed by atoms with van der Waals surface area (Å²) < 4.78 is 7.73. The molecule has 35 heavy (non-hydrogen) atoms. The van der Waals surface area contributed by atoms with Crippen molar-refractivity contribution < 1.29 is 9.53 Å². The van der Waals surface area contributed by atoms with Crippen LogP contribution in [0.1, 0.15) is 40.7 Å². The first kappa shape index (κ1) is 30.2. The second-order valence-electron chi connectivity index (χ2n) is 7.54. The number of aromatic nitrogens is 1. The van der Waals surface area contributed by atoms with Gasteiger partial charge in [-0.1, -0.05) is 22.4 Å². The van der Waals surface area contributed by atoms with Crippen LogP contribution in [0.15, 0.2) is 47.1 Å². The third-order valence-corrected chi connectivity index (χ3v) is 5.85. The van der Waals surface area contributed by atoms with E-state index in [1.807, 2.05) is 18.2 Å². The highest BCUT2D eigenvalue weighted by Crippen LogP contribution is 2.33. The molecule has 0 saturated heterocycles. The third kappa shape index (κ3) is 6.85. The lowest BCUT2D eigenvalue weighted by Crippen LogP contribution is -2.34. The minimum atomic E-state index is -0.675. The van der Waals surface area contributed by atoms with Crippen LogP contribution < -0.4 is 16.2 Å². The molecule has 0 spiro atoms. The topological polar surface area (TPSA) is 131 Å². The number of carbonyl (C=O) groups is 1. The molecule has 0 aliphatic heterocycles. The van der Waals surface area contributed by atoms with E-state index in [0.29, 0.717) is 46.5 Å². The van der Waals surface area contributed by atoms with Crippen molar-refractivity contribution in [2.24, 2.45) is 11.5 Å². The molecule has 0 bridgehead atoms. The largest absolute Gasteiger partial charge is 0.496 e. The molecule has 0 saturated carbocycles. The lowest BCUT2D eigenvalue weighted by molar-refractivity contribution is 0.0879. The highest BCUT2D eigenvalue weighted by molar-refractivity contribution is 9.10. The predicted octanol–water partition coefficient (Wildman–Crippen LogP) is 5.29. The molecule has 1 atom stereocenters. The van der Waals surface area contributed by atoms with Crippen LogP contribution in [-0.4, -0.2) is 30.2 Å². The average Bonchev–Trinajstić information content (AvgIpc) is 3.20. The quantitative estimate of drug-likeness (QED) is 0.276. The molecule has 2 aromatic carbocycles. The van der Waals surface area contributed by atoms with Crippen LogP contribution in [0.4, 0.5) is 0 Å². The van der Waals surface area contributed by atoms with Crippen LogP contribution in [-0.2, 0) is 0 Å². The van der Waals surface area contributed by atoms with Crippen molar-refractivity contribution in [3.8, 4) is 17.9 Å². The average molecular weight is 579 g/mol. The molecule has 0 aliphatic carbocycles. The predicted molar refractivity (Wildman–Crippen MR) is 147 cm³/mol. The molecule has 3 aromatic rings. The third-order valence-electron chi connectivity index (χ3n) is 5.36. The zero-order chi connectivity index (χ0) is 24.0. The molecule has 1 unspecified atom stereocenters. The number of rotatable bonds is 8. The zero-order valence-electron chi connectivity index (χ0n) is 19.0. The van der Waals surface area contributed by atoms with Crippen molar-refractivity contribution in [1.29, 1.82) is 10.5 Å². The van der Waals surface area contributed by atoms with E-state index < -0.39 is 6.04 Å². The second-order valence-corrected chi connectivity index (χ2v) is 8.46. The summed E-state index contributed by atoms with van der Waals surface area (Å²) in [6, 6.07) is 14.2. The molecule has 184 valence electrons. The maximum Gasteiger partial charge on any atom is 0.247 e.